The van der Waals surface area contributed by atoms with Crippen LogP contribution in [0.5, 0.6) is 5.75 Å². The summed E-state index contributed by atoms with van der Waals surface area (Å²) in [5.74, 6) is 0.655. The fraction of sp³-hybridized carbons (Fsp3) is 0.571. The molecule has 0 aliphatic carbocycles. The number of hydrogen-bond acceptors (Lipinski definition) is 6. The van der Waals surface area contributed by atoms with Crippen molar-refractivity contribution in [2.45, 2.75) is 0 Å². The van der Waals surface area contributed by atoms with E-state index in [9.17, 15) is 10.1 Å². The number of ether oxygens (including phenoxy) is 1. The lowest BCUT2D eigenvalue weighted by molar-refractivity contribution is -0.384. The zero-order valence-corrected chi connectivity index (χ0v) is 13.2. The van der Waals surface area contributed by atoms with Gasteiger partial charge in [-0.2, -0.15) is 0 Å². The molecule has 0 radical (unpaired) electrons. The van der Waals surface area contributed by atoms with Gasteiger partial charge in [0.2, 0.25) is 0 Å². The second kappa shape index (κ2) is 11.0. The van der Waals surface area contributed by atoms with Crippen molar-refractivity contribution >= 4 is 5.69 Å². The van der Waals surface area contributed by atoms with Crippen LogP contribution in [0.3, 0.4) is 0 Å². The first-order valence-electron chi connectivity index (χ1n) is 6.64. The third kappa shape index (κ3) is 10.7. The molecule has 0 aromatic heterocycles. The van der Waals surface area contributed by atoms with Gasteiger partial charge in [-0.05, 0) is 40.3 Å². The molecule has 0 heterocycles. The van der Waals surface area contributed by atoms with Crippen molar-refractivity contribution in [1.82, 2.24) is 9.80 Å². The molecule has 0 bridgehead atoms. The summed E-state index contributed by atoms with van der Waals surface area (Å²) in [5.41, 5.74) is 0.0787. The predicted molar refractivity (Wildman–Crippen MR) is 82.8 cm³/mol. The van der Waals surface area contributed by atoms with Crippen molar-refractivity contribution in [3.8, 4) is 5.75 Å². The van der Waals surface area contributed by atoms with Gasteiger partial charge in [-0.15, -0.1) is 0 Å². The van der Waals surface area contributed by atoms with Crippen molar-refractivity contribution in [3.05, 3.63) is 34.4 Å². The van der Waals surface area contributed by atoms with E-state index in [1.807, 2.05) is 38.0 Å². The zero-order valence-electron chi connectivity index (χ0n) is 13.2. The van der Waals surface area contributed by atoms with E-state index in [0.29, 0.717) is 12.4 Å². The van der Waals surface area contributed by atoms with Crippen molar-refractivity contribution < 1.29 is 14.8 Å². The summed E-state index contributed by atoms with van der Waals surface area (Å²) in [6.07, 6.45) is 0. The topological polar surface area (TPSA) is 79.1 Å². The molecule has 1 N–H and O–H groups in total. The largest absolute Gasteiger partial charge is 0.492 e. The van der Waals surface area contributed by atoms with Crippen LogP contribution in [0.4, 0.5) is 5.69 Å². The number of nitro benzene ring substituents is 1. The Labute approximate surface area is 125 Å². The number of benzene rings is 1. The van der Waals surface area contributed by atoms with E-state index in [-0.39, 0.29) is 12.3 Å². The third-order valence-electron chi connectivity index (χ3n) is 2.40. The smallest absolute Gasteiger partial charge is 0.269 e. The molecule has 0 aliphatic rings. The van der Waals surface area contributed by atoms with Crippen LogP contribution in [0.1, 0.15) is 0 Å². The number of non-ortho nitro benzene ring substituents is 1. The van der Waals surface area contributed by atoms with E-state index >= 15 is 0 Å². The number of nitrogens with zero attached hydrogens (tertiary/aromatic N) is 3. The molecule has 0 spiro atoms. The van der Waals surface area contributed by atoms with E-state index in [1.165, 1.54) is 12.1 Å². The van der Waals surface area contributed by atoms with Gasteiger partial charge in [-0.25, -0.2) is 0 Å². The van der Waals surface area contributed by atoms with E-state index in [4.69, 9.17) is 9.84 Å². The Hall–Kier alpha value is -1.70. The van der Waals surface area contributed by atoms with Gasteiger partial charge < -0.3 is 19.6 Å². The van der Waals surface area contributed by atoms with Crippen LogP contribution >= 0.6 is 0 Å². The molecule has 0 amide bonds. The quantitative estimate of drug-likeness (QED) is 0.599. The average Bonchev–Trinajstić information content (AvgIpc) is 2.39. The highest BCUT2D eigenvalue weighted by Gasteiger charge is 2.03. The molecule has 0 atom stereocenters. The molecular formula is C14H25N3O4. The lowest BCUT2D eigenvalue weighted by Crippen LogP contribution is -2.19. The Morgan fingerprint density at radius 2 is 1.62 bits per heavy atom. The van der Waals surface area contributed by atoms with Crippen LogP contribution in [0.2, 0.25) is 0 Å². The molecule has 0 saturated carbocycles. The van der Waals surface area contributed by atoms with E-state index in [1.54, 1.807) is 12.1 Å². The minimum Gasteiger partial charge on any atom is -0.492 e. The maximum absolute atomic E-state index is 10.4. The minimum absolute atomic E-state index is 0.0787. The van der Waals surface area contributed by atoms with Gasteiger partial charge in [0.1, 0.15) is 12.4 Å². The van der Waals surface area contributed by atoms with Gasteiger partial charge in [-0.3, -0.25) is 10.1 Å². The van der Waals surface area contributed by atoms with Crippen LogP contribution in [0.15, 0.2) is 24.3 Å². The fourth-order valence-electron chi connectivity index (χ4n) is 1.21. The monoisotopic (exact) mass is 299 g/mol. The minimum atomic E-state index is -0.427. The molecule has 7 nitrogen and oxygen atoms in total. The van der Waals surface area contributed by atoms with Gasteiger partial charge in [-0.1, -0.05) is 0 Å². The Bertz CT molecular complexity index is 394. The highest BCUT2D eigenvalue weighted by atomic mass is 16.6. The highest BCUT2D eigenvalue weighted by molar-refractivity contribution is 5.35. The summed E-state index contributed by atoms with van der Waals surface area (Å²) >= 11 is 0. The molecule has 0 fully saturated rings. The Kier molecular flexibility index (Phi) is 10.1. The van der Waals surface area contributed by atoms with E-state index in [2.05, 4.69) is 0 Å². The first-order chi connectivity index (χ1) is 9.86. The third-order valence-corrected chi connectivity index (χ3v) is 2.40. The molecule has 7 heteroatoms. The van der Waals surface area contributed by atoms with Gasteiger partial charge >= 0.3 is 0 Å². The van der Waals surface area contributed by atoms with Crippen LogP contribution in [-0.2, 0) is 0 Å². The highest BCUT2D eigenvalue weighted by Crippen LogP contribution is 2.16. The Morgan fingerprint density at radius 3 is 1.95 bits per heavy atom. The zero-order chi connectivity index (χ0) is 16.3. The normalized spacial score (nSPS) is 10.2. The summed E-state index contributed by atoms with van der Waals surface area (Å²) in [6, 6.07) is 6.08. The number of hydrogen-bond donors (Lipinski definition) is 1. The first-order valence-corrected chi connectivity index (χ1v) is 6.64. The summed E-state index contributed by atoms with van der Waals surface area (Å²) in [5, 5.41) is 18.6. The molecular weight excluding hydrogens is 274 g/mol. The molecule has 120 valence electrons. The SMILES string of the molecule is CN(C)CCO.CN(C)CCOc1ccc([N+](=O)[O-])cc1. The Balaban J connectivity index is 0.000000567. The standard InChI is InChI=1S/C10H14N2O3.C4H11NO/c1-11(2)7-8-15-10-5-3-9(4-6-10)12(13)14;1-5(2)3-4-6/h3-6H,7-8H2,1-2H3;6H,3-4H2,1-2H3. The van der Waals surface area contributed by atoms with Crippen LogP contribution in [-0.4, -0.2) is 74.3 Å². The van der Waals surface area contributed by atoms with Gasteiger partial charge in [0.25, 0.3) is 5.69 Å². The van der Waals surface area contributed by atoms with Crippen molar-refractivity contribution in [2.24, 2.45) is 0 Å². The lowest BCUT2D eigenvalue weighted by Gasteiger charge is -2.10. The molecule has 0 saturated heterocycles. The average molecular weight is 299 g/mol. The summed E-state index contributed by atoms with van der Waals surface area (Å²) < 4.78 is 5.39. The first kappa shape index (κ1) is 19.3. The Morgan fingerprint density at radius 1 is 1.10 bits per heavy atom. The summed E-state index contributed by atoms with van der Waals surface area (Å²) in [7, 11) is 7.77. The van der Waals surface area contributed by atoms with E-state index in [0.717, 1.165) is 13.1 Å². The number of aliphatic hydroxyl groups is 1. The molecule has 1 aromatic rings. The predicted octanol–water partition coefficient (Wildman–Crippen LogP) is 1.08. The van der Waals surface area contributed by atoms with Crippen LogP contribution < -0.4 is 4.74 Å². The van der Waals surface area contributed by atoms with Crippen molar-refractivity contribution in [3.63, 3.8) is 0 Å². The molecule has 0 aliphatic heterocycles. The van der Waals surface area contributed by atoms with Gasteiger partial charge in [0, 0.05) is 25.2 Å². The van der Waals surface area contributed by atoms with Gasteiger partial charge in [0.15, 0.2) is 0 Å². The molecule has 1 aromatic carbocycles. The second-order valence-electron chi connectivity index (χ2n) is 4.93. The van der Waals surface area contributed by atoms with Crippen LogP contribution in [0, 0.1) is 10.1 Å². The lowest BCUT2D eigenvalue weighted by atomic mass is 10.3. The second-order valence-corrected chi connectivity index (χ2v) is 4.93. The molecule has 0 unspecified atom stereocenters. The van der Waals surface area contributed by atoms with Crippen LogP contribution in [0.25, 0.3) is 0 Å². The fourth-order valence-corrected chi connectivity index (χ4v) is 1.21. The molecule has 1 rings (SSSR count). The number of rotatable bonds is 7. The van der Waals surface area contributed by atoms with Crippen molar-refractivity contribution in [1.29, 1.82) is 0 Å². The maximum atomic E-state index is 10.4. The van der Waals surface area contributed by atoms with Crippen molar-refractivity contribution in [2.75, 3.05) is 54.5 Å². The number of aliphatic hydroxyl groups excluding tert-OH is 1. The van der Waals surface area contributed by atoms with E-state index < -0.39 is 4.92 Å². The maximum Gasteiger partial charge on any atom is 0.269 e. The summed E-state index contributed by atoms with van der Waals surface area (Å²) in [4.78, 5) is 13.9. The summed E-state index contributed by atoms with van der Waals surface area (Å²) in [6.45, 7) is 2.41. The number of likely N-dealkylation sites (N-methyl/N-ethyl adjacent to an activating group) is 2. The number of nitro groups is 1. The molecule has 21 heavy (non-hydrogen) atoms. The van der Waals surface area contributed by atoms with Gasteiger partial charge in [0.05, 0.1) is 11.5 Å².